The Labute approximate surface area is 133 Å². The van der Waals surface area contributed by atoms with Crippen molar-refractivity contribution in [3.63, 3.8) is 0 Å². The van der Waals surface area contributed by atoms with Crippen molar-refractivity contribution in [2.24, 2.45) is 0 Å². The second kappa shape index (κ2) is 6.08. The van der Waals surface area contributed by atoms with Crippen molar-refractivity contribution >= 4 is 17.5 Å². The van der Waals surface area contributed by atoms with Crippen molar-refractivity contribution in [3.8, 4) is 0 Å². The first kappa shape index (κ1) is 15.0. The van der Waals surface area contributed by atoms with Crippen LogP contribution in [0.3, 0.4) is 0 Å². The number of carbonyl (C=O) groups is 1. The topological polar surface area (TPSA) is 38.1 Å². The first-order valence-electron chi connectivity index (χ1n) is 7.29. The van der Waals surface area contributed by atoms with Gasteiger partial charge in [0.25, 0.3) is 5.91 Å². The van der Waals surface area contributed by atoms with Crippen molar-refractivity contribution in [2.75, 3.05) is 6.54 Å². The van der Waals surface area contributed by atoms with Crippen LogP contribution < -0.4 is 0 Å². The molecule has 1 aliphatic rings. The lowest BCUT2D eigenvalue weighted by atomic mass is 10.1. The van der Waals surface area contributed by atoms with Gasteiger partial charge in [-0.15, -0.1) is 0 Å². The third-order valence-electron chi connectivity index (χ3n) is 3.96. The van der Waals surface area contributed by atoms with Crippen molar-refractivity contribution in [2.45, 2.75) is 32.4 Å². The first-order valence-corrected chi connectivity index (χ1v) is 7.67. The molecule has 0 aliphatic carbocycles. The SMILES string of the molecule is Cc1cnn(CC2CCCN2C(=O)c2cc(Cl)ccc2F)c1. The fraction of sp³-hybridized carbons (Fsp3) is 0.375. The number of nitrogens with zero attached hydrogens (tertiary/aromatic N) is 3. The lowest BCUT2D eigenvalue weighted by Crippen LogP contribution is -2.38. The number of aromatic nitrogens is 2. The summed E-state index contributed by atoms with van der Waals surface area (Å²) in [4.78, 5) is 14.4. The second-order valence-electron chi connectivity index (χ2n) is 5.66. The van der Waals surface area contributed by atoms with Crippen molar-refractivity contribution in [3.05, 3.63) is 52.6 Å². The quantitative estimate of drug-likeness (QED) is 0.870. The highest BCUT2D eigenvalue weighted by atomic mass is 35.5. The molecule has 1 atom stereocenters. The minimum Gasteiger partial charge on any atom is -0.334 e. The van der Waals surface area contributed by atoms with E-state index in [0.717, 1.165) is 18.4 Å². The van der Waals surface area contributed by atoms with Crippen LogP contribution in [-0.4, -0.2) is 33.2 Å². The maximum Gasteiger partial charge on any atom is 0.257 e. The summed E-state index contributed by atoms with van der Waals surface area (Å²) in [6.45, 7) is 3.24. The fourth-order valence-corrected chi connectivity index (χ4v) is 3.06. The summed E-state index contributed by atoms with van der Waals surface area (Å²) in [5.74, 6) is -0.832. The molecule has 2 aromatic rings. The van der Waals surface area contributed by atoms with E-state index in [-0.39, 0.29) is 17.5 Å². The van der Waals surface area contributed by atoms with Gasteiger partial charge in [-0.1, -0.05) is 11.6 Å². The van der Waals surface area contributed by atoms with Gasteiger partial charge >= 0.3 is 0 Å². The molecule has 0 radical (unpaired) electrons. The van der Waals surface area contributed by atoms with E-state index in [0.29, 0.717) is 18.1 Å². The Morgan fingerprint density at radius 1 is 1.50 bits per heavy atom. The predicted octanol–water partition coefficient (Wildman–Crippen LogP) is 3.29. The number of amides is 1. The van der Waals surface area contributed by atoms with Crippen LogP contribution in [0.4, 0.5) is 4.39 Å². The van der Waals surface area contributed by atoms with Crippen LogP contribution in [0.5, 0.6) is 0 Å². The van der Waals surface area contributed by atoms with Crippen LogP contribution in [0.15, 0.2) is 30.6 Å². The van der Waals surface area contributed by atoms with Gasteiger partial charge in [0.15, 0.2) is 0 Å². The van der Waals surface area contributed by atoms with Crippen LogP contribution in [0, 0.1) is 12.7 Å². The number of likely N-dealkylation sites (tertiary alicyclic amines) is 1. The third-order valence-corrected chi connectivity index (χ3v) is 4.19. The van der Waals surface area contributed by atoms with Gasteiger partial charge in [0, 0.05) is 17.8 Å². The molecule has 22 heavy (non-hydrogen) atoms. The van der Waals surface area contributed by atoms with Crippen molar-refractivity contribution < 1.29 is 9.18 Å². The molecular weight excluding hydrogens is 305 g/mol. The number of hydrogen-bond donors (Lipinski definition) is 0. The summed E-state index contributed by atoms with van der Waals surface area (Å²) >= 11 is 5.88. The Morgan fingerprint density at radius 3 is 3.05 bits per heavy atom. The number of hydrogen-bond acceptors (Lipinski definition) is 2. The van der Waals surface area contributed by atoms with Gasteiger partial charge in [0.1, 0.15) is 5.82 Å². The molecule has 1 aromatic carbocycles. The number of rotatable bonds is 3. The van der Waals surface area contributed by atoms with Crippen molar-refractivity contribution in [1.82, 2.24) is 14.7 Å². The Morgan fingerprint density at radius 2 is 2.32 bits per heavy atom. The van der Waals surface area contributed by atoms with Gasteiger partial charge in [0.05, 0.1) is 24.3 Å². The molecular formula is C16H17ClFN3O. The fourth-order valence-electron chi connectivity index (χ4n) is 2.89. The molecule has 0 N–H and O–H groups in total. The molecule has 116 valence electrons. The highest BCUT2D eigenvalue weighted by Gasteiger charge is 2.31. The van der Waals surface area contributed by atoms with Crippen LogP contribution in [0.1, 0.15) is 28.8 Å². The summed E-state index contributed by atoms with van der Waals surface area (Å²) < 4.78 is 15.7. The summed E-state index contributed by atoms with van der Waals surface area (Å²) in [6.07, 6.45) is 5.55. The molecule has 3 rings (SSSR count). The highest BCUT2D eigenvalue weighted by molar-refractivity contribution is 6.31. The molecule has 1 fully saturated rings. The standard InChI is InChI=1S/C16H17ClFN3O/c1-11-8-19-20(9-11)10-13-3-2-6-21(13)16(22)14-7-12(17)4-5-15(14)18/h4-5,7-9,13H,2-3,6,10H2,1H3. The Kier molecular flexibility index (Phi) is 4.16. The van der Waals surface area contributed by atoms with Gasteiger partial charge in [0.2, 0.25) is 0 Å². The molecule has 0 bridgehead atoms. The average Bonchev–Trinajstić information content (AvgIpc) is 3.10. The molecule has 1 aliphatic heterocycles. The average molecular weight is 322 g/mol. The zero-order valence-corrected chi connectivity index (χ0v) is 13.1. The molecule has 1 saturated heterocycles. The number of halogens is 2. The predicted molar refractivity (Wildman–Crippen MR) is 82.4 cm³/mol. The van der Waals surface area contributed by atoms with Crippen LogP contribution in [0.2, 0.25) is 5.02 Å². The van der Waals surface area contributed by atoms with E-state index in [1.165, 1.54) is 18.2 Å². The monoisotopic (exact) mass is 321 g/mol. The maximum atomic E-state index is 13.9. The normalized spacial score (nSPS) is 18.0. The third kappa shape index (κ3) is 2.99. The number of aryl methyl sites for hydroxylation is 1. The Balaban J connectivity index is 1.80. The summed E-state index contributed by atoms with van der Waals surface area (Å²) in [7, 11) is 0. The largest absolute Gasteiger partial charge is 0.334 e. The van der Waals surface area contributed by atoms with Crippen molar-refractivity contribution in [1.29, 1.82) is 0 Å². The van der Waals surface area contributed by atoms with Crippen LogP contribution in [-0.2, 0) is 6.54 Å². The Bertz CT molecular complexity index is 700. The van der Waals surface area contributed by atoms with E-state index >= 15 is 0 Å². The minimum absolute atomic E-state index is 0.0326. The second-order valence-corrected chi connectivity index (χ2v) is 6.09. The molecule has 1 amide bonds. The molecule has 4 nitrogen and oxygen atoms in total. The molecule has 0 spiro atoms. The summed E-state index contributed by atoms with van der Waals surface area (Å²) in [6, 6.07) is 4.11. The Hall–Kier alpha value is -1.88. The lowest BCUT2D eigenvalue weighted by Gasteiger charge is -2.25. The molecule has 6 heteroatoms. The van der Waals surface area contributed by atoms with E-state index in [1.807, 2.05) is 17.8 Å². The zero-order chi connectivity index (χ0) is 15.7. The maximum absolute atomic E-state index is 13.9. The molecule has 0 saturated carbocycles. The van der Waals surface area contributed by atoms with E-state index in [4.69, 9.17) is 11.6 Å². The number of carbonyl (C=O) groups excluding carboxylic acids is 1. The molecule has 2 heterocycles. The number of benzene rings is 1. The first-order chi connectivity index (χ1) is 10.5. The van der Waals surface area contributed by atoms with E-state index in [9.17, 15) is 9.18 Å². The lowest BCUT2D eigenvalue weighted by molar-refractivity contribution is 0.0717. The smallest absolute Gasteiger partial charge is 0.257 e. The van der Waals surface area contributed by atoms with Crippen LogP contribution in [0.25, 0.3) is 0 Å². The summed E-state index contributed by atoms with van der Waals surface area (Å²) in [5, 5.41) is 4.63. The van der Waals surface area contributed by atoms with E-state index in [2.05, 4.69) is 5.10 Å². The van der Waals surface area contributed by atoms with E-state index in [1.54, 1.807) is 11.1 Å². The van der Waals surface area contributed by atoms with Crippen LogP contribution >= 0.6 is 11.6 Å². The van der Waals surface area contributed by atoms with Gasteiger partial charge in [-0.3, -0.25) is 9.48 Å². The minimum atomic E-state index is -0.532. The zero-order valence-electron chi connectivity index (χ0n) is 12.3. The summed E-state index contributed by atoms with van der Waals surface area (Å²) in [5.41, 5.74) is 1.12. The highest BCUT2D eigenvalue weighted by Crippen LogP contribution is 2.24. The molecule has 1 aromatic heterocycles. The molecule has 1 unspecified atom stereocenters. The van der Waals surface area contributed by atoms with Gasteiger partial charge in [-0.2, -0.15) is 5.10 Å². The van der Waals surface area contributed by atoms with Gasteiger partial charge in [-0.05, 0) is 43.5 Å². The van der Waals surface area contributed by atoms with Gasteiger partial charge in [-0.25, -0.2) is 4.39 Å². The van der Waals surface area contributed by atoms with Gasteiger partial charge < -0.3 is 4.90 Å². The van der Waals surface area contributed by atoms with E-state index < -0.39 is 5.82 Å².